The van der Waals surface area contributed by atoms with Gasteiger partial charge in [-0.25, -0.2) is 4.98 Å². The largest absolute Gasteiger partial charge is 0.375 e. The molecule has 0 aliphatic heterocycles. The predicted molar refractivity (Wildman–Crippen MR) is 79.2 cm³/mol. The summed E-state index contributed by atoms with van der Waals surface area (Å²) in [5.41, 5.74) is 8.68. The maximum atomic E-state index is 8.94. The molecule has 1 heterocycles. The molecule has 19 heavy (non-hydrogen) atoms. The molecule has 0 radical (unpaired) electrons. The van der Waals surface area contributed by atoms with E-state index in [1.165, 1.54) is 16.2 Å². The van der Waals surface area contributed by atoms with E-state index in [2.05, 4.69) is 31.8 Å². The van der Waals surface area contributed by atoms with E-state index in [4.69, 9.17) is 11.0 Å². The first-order chi connectivity index (χ1) is 8.90. The van der Waals surface area contributed by atoms with Crippen LogP contribution in [0.25, 0.3) is 0 Å². The van der Waals surface area contributed by atoms with Crippen LogP contribution in [0.4, 0.5) is 5.13 Å². The van der Waals surface area contributed by atoms with Gasteiger partial charge in [-0.05, 0) is 17.7 Å². The highest BCUT2D eigenvalue weighted by molar-refractivity contribution is 7.15. The van der Waals surface area contributed by atoms with Crippen molar-refractivity contribution in [3.05, 3.63) is 46.0 Å². The third-order valence-electron chi connectivity index (χ3n) is 2.85. The SMILES string of the molecule is CC(C)(C)c1nc(N)sc1Cc1cccc(C#N)c1. The highest BCUT2D eigenvalue weighted by Crippen LogP contribution is 2.32. The van der Waals surface area contributed by atoms with Crippen LogP contribution in [0.2, 0.25) is 0 Å². The quantitative estimate of drug-likeness (QED) is 0.909. The van der Waals surface area contributed by atoms with Crippen LogP contribution in [0, 0.1) is 11.3 Å². The van der Waals surface area contributed by atoms with E-state index in [0.29, 0.717) is 10.7 Å². The third kappa shape index (κ3) is 3.12. The number of nitrogen functional groups attached to an aromatic ring is 1. The first-order valence-corrected chi connectivity index (χ1v) is 6.96. The van der Waals surface area contributed by atoms with Gasteiger partial charge in [0.25, 0.3) is 0 Å². The minimum absolute atomic E-state index is 0.0176. The first kappa shape index (κ1) is 13.6. The Hall–Kier alpha value is -1.86. The molecule has 2 aromatic rings. The van der Waals surface area contributed by atoms with Gasteiger partial charge in [-0.2, -0.15) is 5.26 Å². The maximum absolute atomic E-state index is 8.94. The van der Waals surface area contributed by atoms with Crippen molar-refractivity contribution in [3.8, 4) is 6.07 Å². The molecule has 0 aliphatic rings. The Morgan fingerprint density at radius 3 is 2.74 bits per heavy atom. The number of nitrogens with zero attached hydrogens (tertiary/aromatic N) is 2. The molecular weight excluding hydrogens is 254 g/mol. The highest BCUT2D eigenvalue weighted by atomic mass is 32.1. The molecule has 0 aliphatic carbocycles. The number of hydrogen-bond acceptors (Lipinski definition) is 4. The van der Waals surface area contributed by atoms with Crippen LogP contribution in [0.1, 0.15) is 42.5 Å². The fraction of sp³-hybridized carbons (Fsp3) is 0.333. The second-order valence-corrected chi connectivity index (χ2v) is 6.68. The van der Waals surface area contributed by atoms with Gasteiger partial charge < -0.3 is 5.73 Å². The van der Waals surface area contributed by atoms with Gasteiger partial charge in [0.15, 0.2) is 5.13 Å². The van der Waals surface area contributed by atoms with Gasteiger partial charge in [-0.15, -0.1) is 11.3 Å². The van der Waals surface area contributed by atoms with Crippen LogP contribution in [-0.2, 0) is 11.8 Å². The zero-order valence-electron chi connectivity index (χ0n) is 11.4. The Bertz CT molecular complexity index is 630. The number of anilines is 1. The summed E-state index contributed by atoms with van der Waals surface area (Å²) in [4.78, 5) is 5.63. The summed E-state index contributed by atoms with van der Waals surface area (Å²) in [6, 6.07) is 9.84. The van der Waals surface area contributed by atoms with Crippen LogP contribution in [0.3, 0.4) is 0 Å². The molecule has 98 valence electrons. The smallest absolute Gasteiger partial charge is 0.180 e. The van der Waals surface area contributed by atoms with Crippen molar-refractivity contribution >= 4 is 16.5 Å². The molecule has 0 bridgehead atoms. The Kier molecular flexibility index (Phi) is 3.59. The normalized spacial score (nSPS) is 11.3. The van der Waals surface area contributed by atoms with Gasteiger partial charge in [0.2, 0.25) is 0 Å². The molecule has 0 fully saturated rings. The number of hydrogen-bond donors (Lipinski definition) is 1. The standard InChI is InChI=1S/C15H17N3S/c1-15(2,3)13-12(19-14(17)18-13)8-10-5-4-6-11(7-10)9-16/h4-7H,8H2,1-3H3,(H2,17,18). The third-order valence-corrected chi connectivity index (χ3v) is 3.73. The molecule has 0 amide bonds. The summed E-state index contributed by atoms with van der Waals surface area (Å²) < 4.78 is 0. The summed E-state index contributed by atoms with van der Waals surface area (Å²) in [5.74, 6) is 0. The highest BCUT2D eigenvalue weighted by Gasteiger charge is 2.22. The molecule has 0 spiro atoms. The van der Waals surface area contributed by atoms with Crippen LogP contribution in [-0.4, -0.2) is 4.98 Å². The fourth-order valence-corrected chi connectivity index (χ4v) is 3.09. The summed E-state index contributed by atoms with van der Waals surface area (Å²) in [6.07, 6.45) is 0.775. The van der Waals surface area contributed by atoms with Crippen molar-refractivity contribution in [2.24, 2.45) is 0 Å². The van der Waals surface area contributed by atoms with E-state index in [0.717, 1.165) is 17.7 Å². The molecular formula is C15H17N3S. The molecule has 4 heteroatoms. The molecule has 0 unspecified atom stereocenters. The fourth-order valence-electron chi connectivity index (χ4n) is 2.01. The number of aromatic nitrogens is 1. The van der Waals surface area contributed by atoms with E-state index in [9.17, 15) is 0 Å². The topological polar surface area (TPSA) is 62.7 Å². The van der Waals surface area contributed by atoms with Gasteiger partial charge in [-0.1, -0.05) is 32.9 Å². The summed E-state index contributed by atoms with van der Waals surface area (Å²) in [6.45, 7) is 6.41. The second kappa shape index (κ2) is 5.02. The van der Waals surface area contributed by atoms with Crippen molar-refractivity contribution in [2.75, 3.05) is 5.73 Å². The molecule has 1 aromatic carbocycles. The van der Waals surface area contributed by atoms with E-state index >= 15 is 0 Å². The lowest BCUT2D eigenvalue weighted by Crippen LogP contribution is -2.14. The van der Waals surface area contributed by atoms with Gasteiger partial charge in [0.1, 0.15) is 0 Å². The van der Waals surface area contributed by atoms with Crippen molar-refractivity contribution in [3.63, 3.8) is 0 Å². The number of thiazole rings is 1. The zero-order chi connectivity index (χ0) is 14.0. The summed E-state index contributed by atoms with van der Waals surface area (Å²) in [5, 5.41) is 9.54. The van der Waals surface area contributed by atoms with Gasteiger partial charge in [0.05, 0.1) is 17.3 Å². The lowest BCUT2D eigenvalue weighted by molar-refractivity contribution is 0.568. The lowest BCUT2D eigenvalue weighted by atomic mass is 9.90. The van der Waals surface area contributed by atoms with Gasteiger partial charge in [-0.3, -0.25) is 0 Å². The predicted octanol–water partition coefficient (Wildman–Crippen LogP) is 3.49. The van der Waals surface area contributed by atoms with Crippen LogP contribution in [0.5, 0.6) is 0 Å². The number of benzene rings is 1. The maximum Gasteiger partial charge on any atom is 0.180 e. The molecule has 0 saturated heterocycles. The molecule has 0 saturated carbocycles. The van der Waals surface area contributed by atoms with E-state index in [1.807, 2.05) is 24.3 Å². The monoisotopic (exact) mass is 271 g/mol. The van der Waals surface area contributed by atoms with Crippen LogP contribution >= 0.6 is 11.3 Å². The van der Waals surface area contributed by atoms with Crippen LogP contribution < -0.4 is 5.73 Å². The summed E-state index contributed by atoms with van der Waals surface area (Å²) in [7, 11) is 0. The molecule has 1 aromatic heterocycles. The molecule has 0 atom stereocenters. The van der Waals surface area contributed by atoms with Crippen molar-refractivity contribution < 1.29 is 0 Å². The molecule has 2 N–H and O–H groups in total. The van der Waals surface area contributed by atoms with E-state index < -0.39 is 0 Å². The van der Waals surface area contributed by atoms with Crippen LogP contribution in [0.15, 0.2) is 24.3 Å². The average Bonchev–Trinajstić information content (AvgIpc) is 2.70. The Morgan fingerprint density at radius 1 is 1.37 bits per heavy atom. The minimum atomic E-state index is -0.0176. The average molecular weight is 271 g/mol. The van der Waals surface area contributed by atoms with Crippen molar-refractivity contribution in [1.82, 2.24) is 4.98 Å². The Morgan fingerprint density at radius 2 is 2.11 bits per heavy atom. The Balaban J connectivity index is 2.36. The number of nitriles is 1. The number of rotatable bonds is 2. The van der Waals surface area contributed by atoms with Crippen molar-refractivity contribution in [1.29, 1.82) is 5.26 Å². The minimum Gasteiger partial charge on any atom is -0.375 e. The first-order valence-electron chi connectivity index (χ1n) is 6.15. The molecule has 3 nitrogen and oxygen atoms in total. The zero-order valence-corrected chi connectivity index (χ0v) is 12.2. The van der Waals surface area contributed by atoms with Crippen molar-refractivity contribution in [2.45, 2.75) is 32.6 Å². The van der Waals surface area contributed by atoms with Gasteiger partial charge in [0, 0.05) is 16.7 Å². The number of nitrogens with two attached hydrogens (primary N) is 1. The van der Waals surface area contributed by atoms with Gasteiger partial charge >= 0.3 is 0 Å². The lowest BCUT2D eigenvalue weighted by Gasteiger charge is -2.17. The molecule has 2 rings (SSSR count). The van der Waals surface area contributed by atoms with E-state index in [1.54, 1.807) is 0 Å². The Labute approximate surface area is 117 Å². The second-order valence-electron chi connectivity index (χ2n) is 5.56. The van der Waals surface area contributed by atoms with E-state index in [-0.39, 0.29) is 5.41 Å². The summed E-state index contributed by atoms with van der Waals surface area (Å²) >= 11 is 1.53.